The number of amides is 2. The number of benzene rings is 2. The number of nitrogens with two attached hydrogens (primary N) is 1. The summed E-state index contributed by atoms with van der Waals surface area (Å²) in [5.41, 5.74) is 5.48. The Labute approximate surface area is 215 Å². The Balaban J connectivity index is 1.29. The predicted octanol–water partition coefficient (Wildman–Crippen LogP) is 4.67. The van der Waals surface area contributed by atoms with Crippen molar-refractivity contribution in [2.75, 3.05) is 11.9 Å². The summed E-state index contributed by atoms with van der Waals surface area (Å²) < 4.78 is 11.7. The van der Waals surface area contributed by atoms with Crippen LogP contribution in [0.15, 0.2) is 73.4 Å². The van der Waals surface area contributed by atoms with Crippen molar-refractivity contribution >= 4 is 17.8 Å². The first kappa shape index (κ1) is 24.3. The number of nitrogens with one attached hydrogen (secondary N) is 1. The summed E-state index contributed by atoms with van der Waals surface area (Å²) in [6.45, 7) is 4.29. The van der Waals surface area contributed by atoms with Gasteiger partial charge in [0.1, 0.15) is 22.8 Å². The third-order valence-corrected chi connectivity index (χ3v) is 6.99. The molecule has 2 aromatic carbocycles. The van der Waals surface area contributed by atoms with E-state index in [1.54, 1.807) is 24.3 Å². The van der Waals surface area contributed by atoms with Gasteiger partial charge in [0, 0.05) is 24.3 Å². The first-order valence-electron chi connectivity index (χ1n) is 12.3. The second kappa shape index (κ2) is 10.3. The number of rotatable bonds is 8. The molecule has 2 amide bonds. The summed E-state index contributed by atoms with van der Waals surface area (Å²) in [4.78, 5) is 35.1. The molecule has 1 atom stereocenters. The van der Waals surface area contributed by atoms with Crippen molar-refractivity contribution in [3.05, 3.63) is 79.0 Å². The Morgan fingerprint density at radius 1 is 1.05 bits per heavy atom. The number of para-hydroxylation sites is 1. The van der Waals surface area contributed by atoms with Crippen LogP contribution in [0, 0.1) is 0 Å². The van der Waals surface area contributed by atoms with Crippen LogP contribution in [-0.2, 0) is 4.79 Å². The number of aromatic nitrogens is 2. The normalized spacial score (nSPS) is 17.9. The van der Waals surface area contributed by atoms with Crippen LogP contribution >= 0.6 is 0 Å². The van der Waals surface area contributed by atoms with Crippen molar-refractivity contribution < 1.29 is 19.1 Å². The van der Waals surface area contributed by atoms with Crippen LogP contribution in [0.3, 0.4) is 0 Å². The number of likely N-dealkylation sites (tertiary alicyclic amines) is 1. The molecule has 5 rings (SSSR count). The lowest BCUT2D eigenvalue weighted by Crippen LogP contribution is -2.61. The topological polar surface area (TPSA) is 120 Å². The molecular weight excluding hydrogens is 470 g/mol. The van der Waals surface area contributed by atoms with Gasteiger partial charge in [-0.3, -0.25) is 9.59 Å². The maximum absolute atomic E-state index is 12.4. The monoisotopic (exact) mass is 499 g/mol. The number of anilines is 1. The van der Waals surface area contributed by atoms with E-state index in [2.05, 4.69) is 21.9 Å². The summed E-state index contributed by atoms with van der Waals surface area (Å²) >= 11 is 0. The van der Waals surface area contributed by atoms with Gasteiger partial charge in [0.05, 0.1) is 0 Å². The lowest BCUT2D eigenvalue weighted by molar-refractivity contribution is -0.139. The smallest absolute Gasteiger partial charge is 0.255 e. The van der Waals surface area contributed by atoms with E-state index in [4.69, 9.17) is 15.2 Å². The van der Waals surface area contributed by atoms with Gasteiger partial charge in [-0.15, -0.1) is 0 Å². The van der Waals surface area contributed by atoms with Gasteiger partial charge in [0.2, 0.25) is 17.7 Å². The highest BCUT2D eigenvalue weighted by Crippen LogP contribution is 2.45. The summed E-state index contributed by atoms with van der Waals surface area (Å²) in [6, 6.07) is 16.5. The molecule has 1 aliphatic heterocycles. The first-order chi connectivity index (χ1) is 18.0. The van der Waals surface area contributed by atoms with Crippen LogP contribution in [0.5, 0.6) is 23.1 Å². The number of carbonyl (C=O) groups excluding carboxylic acids is 2. The molecule has 1 aliphatic carbocycles. The molecule has 1 saturated carbocycles. The largest absolute Gasteiger partial charge is 0.457 e. The Morgan fingerprint density at radius 2 is 1.73 bits per heavy atom. The van der Waals surface area contributed by atoms with Crippen LogP contribution in [-0.4, -0.2) is 44.8 Å². The molecule has 37 heavy (non-hydrogen) atoms. The molecule has 9 nitrogen and oxygen atoms in total. The van der Waals surface area contributed by atoms with Crippen molar-refractivity contribution in [1.82, 2.24) is 14.9 Å². The molecule has 1 spiro atoms. The van der Waals surface area contributed by atoms with E-state index in [1.165, 1.54) is 12.3 Å². The zero-order valence-corrected chi connectivity index (χ0v) is 20.4. The molecule has 3 N–H and O–H groups in total. The van der Waals surface area contributed by atoms with Crippen molar-refractivity contribution in [2.45, 2.75) is 43.7 Å². The number of carbonyl (C=O) groups is 2. The second-order valence-corrected chi connectivity index (χ2v) is 9.37. The highest BCUT2D eigenvalue weighted by Gasteiger charge is 2.48. The average molecular weight is 500 g/mol. The maximum Gasteiger partial charge on any atom is 0.255 e. The standard InChI is InChI=1S/C28H29N5O4/c1-2-24(34)33-16-13-19(17-28(33)14-6-15-28)31-27-30-18-23(25(29)35)26(32-27)37-22-11-9-21(10-12-22)36-20-7-4-3-5-8-20/h2-5,7-12,18-19H,1,6,13-17H2,(H2,29,35)(H,30,31,32). The fourth-order valence-corrected chi connectivity index (χ4v) is 5.01. The summed E-state index contributed by atoms with van der Waals surface area (Å²) in [6.07, 6.45) is 7.37. The molecule has 1 unspecified atom stereocenters. The lowest BCUT2D eigenvalue weighted by atomic mass is 9.68. The first-order valence-corrected chi connectivity index (χ1v) is 12.3. The van der Waals surface area contributed by atoms with E-state index < -0.39 is 5.91 Å². The van der Waals surface area contributed by atoms with Crippen LogP contribution in [0.2, 0.25) is 0 Å². The Morgan fingerprint density at radius 3 is 2.35 bits per heavy atom. The quantitative estimate of drug-likeness (QED) is 0.432. The molecule has 2 aliphatic rings. The minimum absolute atomic E-state index is 0.0175. The van der Waals surface area contributed by atoms with Gasteiger partial charge in [-0.2, -0.15) is 4.98 Å². The van der Waals surface area contributed by atoms with Gasteiger partial charge in [-0.1, -0.05) is 24.8 Å². The molecule has 0 bridgehead atoms. The fourth-order valence-electron chi connectivity index (χ4n) is 5.01. The lowest BCUT2D eigenvalue weighted by Gasteiger charge is -2.55. The van der Waals surface area contributed by atoms with Crippen LogP contribution < -0.4 is 20.5 Å². The van der Waals surface area contributed by atoms with Crippen LogP contribution in [0.4, 0.5) is 5.95 Å². The van der Waals surface area contributed by atoms with Gasteiger partial charge in [-0.05, 0) is 74.6 Å². The van der Waals surface area contributed by atoms with Gasteiger partial charge < -0.3 is 25.4 Å². The van der Waals surface area contributed by atoms with Crippen molar-refractivity contribution in [3.63, 3.8) is 0 Å². The minimum Gasteiger partial charge on any atom is -0.457 e. The highest BCUT2D eigenvalue weighted by molar-refractivity contribution is 5.95. The summed E-state index contributed by atoms with van der Waals surface area (Å²) in [5.74, 6) is 1.54. The average Bonchev–Trinajstić information content (AvgIpc) is 2.89. The molecular formula is C28H29N5O4. The highest BCUT2D eigenvalue weighted by atomic mass is 16.5. The number of ether oxygens (including phenoxy) is 2. The second-order valence-electron chi connectivity index (χ2n) is 9.37. The van der Waals surface area contributed by atoms with Gasteiger partial charge in [0.15, 0.2) is 0 Å². The van der Waals surface area contributed by atoms with Gasteiger partial charge in [0.25, 0.3) is 5.91 Å². The fraction of sp³-hybridized carbons (Fsp3) is 0.286. The Bertz CT molecular complexity index is 1290. The van der Waals surface area contributed by atoms with Crippen molar-refractivity contribution in [3.8, 4) is 23.1 Å². The van der Waals surface area contributed by atoms with E-state index in [0.717, 1.165) is 37.9 Å². The van der Waals surface area contributed by atoms with E-state index in [1.807, 2.05) is 35.2 Å². The molecule has 0 radical (unpaired) electrons. The zero-order chi connectivity index (χ0) is 25.8. The van der Waals surface area contributed by atoms with E-state index in [0.29, 0.717) is 24.0 Å². The van der Waals surface area contributed by atoms with Crippen LogP contribution in [0.1, 0.15) is 42.5 Å². The summed E-state index contributed by atoms with van der Waals surface area (Å²) in [7, 11) is 0. The third-order valence-electron chi connectivity index (χ3n) is 6.99. The molecule has 1 saturated heterocycles. The molecule has 1 aromatic heterocycles. The van der Waals surface area contributed by atoms with E-state index in [-0.39, 0.29) is 28.9 Å². The zero-order valence-electron chi connectivity index (χ0n) is 20.4. The van der Waals surface area contributed by atoms with Gasteiger partial charge in [-0.25, -0.2) is 4.98 Å². The number of hydrogen-bond acceptors (Lipinski definition) is 7. The predicted molar refractivity (Wildman–Crippen MR) is 139 cm³/mol. The number of piperidine rings is 1. The maximum atomic E-state index is 12.4. The van der Waals surface area contributed by atoms with Crippen molar-refractivity contribution in [1.29, 1.82) is 0 Å². The molecule has 2 heterocycles. The SMILES string of the molecule is C=CC(=O)N1CCC(Nc2ncc(C(N)=O)c(Oc3ccc(Oc4ccccc4)cc3)n2)CC12CCC2. The molecule has 190 valence electrons. The number of nitrogens with zero attached hydrogens (tertiary/aromatic N) is 3. The van der Waals surface area contributed by atoms with E-state index >= 15 is 0 Å². The molecule has 2 fully saturated rings. The molecule has 9 heteroatoms. The Kier molecular flexibility index (Phi) is 6.76. The van der Waals surface area contributed by atoms with Crippen LogP contribution in [0.25, 0.3) is 0 Å². The van der Waals surface area contributed by atoms with Gasteiger partial charge >= 0.3 is 0 Å². The van der Waals surface area contributed by atoms with E-state index in [9.17, 15) is 9.59 Å². The summed E-state index contributed by atoms with van der Waals surface area (Å²) in [5, 5.41) is 3.37. The minimum atomic E-state index is -0.685. The number of primary amides is 1. The Hall–Kier alpha value is -4.40. The number of hydrogen-bond donors (Lipinski definition) is 2. The third kappa shape index (κ3) is 5.25. The molecule has 3 aromatic rings. The van der Waals surface area contributed by atoms with Crippen molar-refractivity contribution in [2.24, 2.45) is 5.73 Å².